The number of hydrogen-bond donors (Lipinski definition) is 1. The SMILES string of the molecule is Cc1ccc(C)c(N[C@@H]2CCO[C@@H]2C)c1. The van der Waals surface area contributed by atoms with Crippen LogP contribution in [-0.4, -0.2) is 18.8 Å². The lowest BCUT2D eigenvalue weighted by atomic mass is 10.1. The van der Waals surface area contributed by atoms with E-state index in [9.17, 15) is 0 Å². The lowest BCUT2D eigenvalue weighted by Crippen LogP contribution is -2.27. The smallest absolute Gasteiger partial charge is 0.0748 e. The molecule has 1 aromatic carbocycles. The summed E-state index contributed by atoms with van der Waals surface area (Å²) in [5.41, 5.74) is 3.85. The van der Waals surface area contributed by atoms with E-state index in [0.717, 1.165) is 13.0 Å². The molecule has 1 N–H and O–H groups in total. The average Bonchev–Trinajstić information content (AvgIpc) is 2.58. The molecule has 1 heterocycles. The largest absolute Gasteiger partial charge is 0.379 e. The summed E-state index contributed by atoms with van der Waals surface area (Å²) in [6.45, 7) is 7.28. The van der Waals surface area contributed by atoms with Crippen molar-refractivity contribution in [3.63, 3.8) is 0 Å². The minimum atomic E-state index is 0.324. The Hall–Kier alpha value is -1.02. The van der Waals surface area contributed by atoms with Crippen molar-refractivity contribution in [2.24, 2.45) is 0 Å². The maximum Gasteiger partial charge on any atom is 0.0748 e. The van der Waals surface area contributed by atoms with Crippen LogP contribution in [0.1, 0.15) is 24.5 Å². The van der Waals surface area contributed by atoms with Crippen molar-refractivity contribution in [2.75, 3.05) is 11.9 Å². The lowest BCUT2D eigenvalue weighted by molar-refractivity contribution is 0.121. The molecule has 2 atom stereocenters. The molecule has 0 unspecified atom stereocenters. The van der Waals surface area contributed by atoms with Crippen LogP contribution in [0.2, 0.25) is 0 Å². The van der Waals surface area contributed by atoms with Crippen LogP contribution >= 0.6 is 0 Å². The van der Waals surface area contributed by atoms with Gasteiger partial charge in [0.05, 0.1) is 12.1 Å². The van der Waals surface area contributed by atoms with E-state index in [1.807, 2.05) is 0 Å². The molecule has 1 aliphatic rings. The van der Waals surface area contributed by atoms with Crippen molar-refractivity contribution in [1.29, 1.82) is 0 Å². The van der Waals surface area contributed by atoms with Gasteiger partial charge in [0.25, 0.3) is 0 Å². The topological polar surface area (TPSA) is 21.3 Å². The van der Waals surface area contributed by atoms with Crippen LogP contribution in [0.3, 0.4) is 0 Å². The van der Waals surface area contributed by atoms with Gasteiger partial charge in [0, 0.05) is 12.3 Å². The molecule has 0 bridgehead atoms. The number of nitrogens with one attached hydrogen (secondary N) is 1. The van der Waals surface area contributed by atoms with Gasteiger partial charge in [-0.05, 0) is 44.4 Å². The predicted octanol–water partition coefficient (Wildman–Crippen LogP) is 2.89. The second-order valence-corrected chi connectivity index (χ2v) is 4.43. The van der Waals surface area contributed by atoms with Gasteiger partial charge in [-0.25, -0.2) is 0 Å². The van der Waals surface area contributed by atoms with Crippen LogP contribution in [-0.2, 0) is 4.74 Å². The maximum absolute atomic E-state index is 5.55. The zero-order valence-corrected chi connectivity index (χ0v) is 9.71. The molecule has 82 valence electrons. The Morgan fingerprint density at radius 2 is 2.13 bits per heavy atom. The van der Waals surface area contributed by atoms with Crippen molar-refractivity contribution in [2.45, 2.75) is 39.3 Å². The zero-order valence-electron chi connectivity index (χ0n) is 9.71. The molecular formula is C13H19NO. The first-order chi connectivity index (χ1) is 7.16. The van der Waals surface area contributed by atoms with Gasteiger partial charge in [-0.15, -0.1) is 0 Å². The van der Waals surface area contributed by atoms with Gasteiger partial charge in [0.2, 0.25) is 0 Å². The van der Waals surface area contributed by atoms with Crippen molar-refractivity contribution in [1.82, 2.24) is 0 Å². The van der Waals surface area contributed by atoms with E-state index in [1.54, 1.807) is 0 Å². The highest BCUT2D eigenvalue weighted by Gasteiger charge is 2.24. The molecule has 0 aliphatic carbocycles. The van der Waals surface area contributed by atoms with Gasteiger partial charge >= 0.3 is 0 Å². The fourth-order valence-corrected chi connectivity index (χ4v) is 2.01. The molecule has 0 saturated carbocycles. The summed E-state index contributed by atoms with van der Waals surface area (Å²) in [5, 5.41) is 3.57. The number of benzene rings is 1. The average molecular weight is 205 g/mol. The highest BCUT2D eigenvalue weighted by Crippen LogP contribution is 2.22. The van der Waals surface area contributed by atoms with Gasteiger partial charge in [-0.1, -0.05) is 12.1 Å². The van der Waals surface area contributed by atoms with Crippen LogP contribution < -0.4 is 5.32 Å². The summed E-state index contributed by atoms with van der Waals surface area (Å²) in [6, 6.07) is 6.98. The monoisotopic (exact) mass is 205 g/mol. The van der Waals surface area contributed by atoms with Crippen molar-refractivity contribution in [3.8, 4) is 0 Å². The zero-order chi connectivity index (χ0) is 10.8. The Bertz CT molecular complexity index is 348. The number of anilines is 1. The molecule has 1 saturated heterocycles. The Kier molecular flexibility index (Phi) is 2.96. The second-order valence-electron chi connectivity index (χ2n) is 4.43. The normalized spacial score (nSPS) is 25.5. The molecule has 0 radical (unpaired) electrons. The van der Waals surface area contributed by atoms with Crippen LogP contribution in [0.25, 0.3) is 0 Å². The van der Waals surface area contributed by atoms with Crippen molar-refractivity contribution < 1.29 is 4.74 Å². The lowest BCUT2D eigenvalue weighted by Gasteiger charge is -2.19. The van der Waals surface area contributed by atoms with E-state index in [1.165, 1.54) is 16.8 Å². The van der Waals surface area contributed by atoms with E-state index in [-0.39, 0.29) is 0 Å². The van der Waals surface area contributed by atoms with Crippen LogP contribution in [0.15, 0.2) is 18.2 Å². The van der Waals surface area contributed by atoms with E-state index in [4.69, 9.17) is 4.74 Å². The molecule has 1 aromatic rings. The maximum atomic E-state index is 5.55. The third kappa shape index (κ3) is 2.32. The number of aryl methyl sites for hydroxylation is 2. The molecular weight excluding hydrogens is 186 g/mol. The third-order valence-electron chi connectivity index (χ3n) is 3.11. The van der Waals surface area contributed by atoms with Crippen LogP contribution in [0, 0.1) is 13.8 Å². The third-order valence-corrected chi connectivity index (χ3v) is 3.11. The van der Waals surface area contributed by atoms with Gasteiger partial charge in [0.1, 0.15) is 0 Å². The summed E-state index contributed by atoms with van der Waals surface area (Å²) in [7, 11) is 0. The van der Waals surface area contributed by atoms with E-state index < -0.39 is 0 Å². The Balaban J connectivity index is 2.12. The molecule has 0 aromatic heterocycles. The molecule has 2 nitrogen and oxygen atoms in total. The summed E-state index contributed by atoms with van der Waals surface area (Å²) >= 11 is 0. The first kappa shape index (κ1) is 10.5. The van der Waals surface area contributed by atoms with E-state index in [2.05, 4.69) is 44.3 Å². The van der Waals surface area contributed by atoms with Gasteiger partial charge in [-0.2, -0.15) is 0 Å². The fourth-order valence-electron chi connectivity index (χ4n) is 2.01. The van der Waals surface area contributed by atoms with Gasteiger partial charge < -0.3 is 10.1 Å². The van der Waals surface area contributed by atoms with Gasteiger partial charge in [-0.3, -0.25) is 0 Å². The second kappa shape index (κ2) is 4.23. The molecule has 2 rings (SSSR count). The van der Waals surface area contributed by atoms with E-state index >= 15 is 0 Å². The predicted molar refractivity (Wildman–Crippen MR) is 63.4 cm³/mol. The highest BCUT2D eigenvalue weighted by atomic mass is 16.5. The number of ether oxygens (including phenoxy) is 1. The van der Waals surface area contributed by atoms with Crippen molar-refractivity contribution >= 4 is 5.69 Å². The van der Waals surface area contributed by atoms with Crippen molar-refractivity contribution in [3.05, 3.63) is 29.3 Å². The van der Waals surface area contributed by atoms with E-state index in [0.29, 0.717) is 12.1 Å². The summed E-state index contributed by atoms with van der Waals surface area (Å²) in [4.78, 5) is 0. The minimum Gasteiger partial charge on any atom is -0.379 e. The Labute approximate surface area is 91.6 Å². The van der Waals surface area contributed by atoms with Crippen LogP contribution in [0.5, 0.6) is 0 Å². The molecule has 0 amide bonds. The number of hydrogen-bond acceptors (Lipinski definition) is 2. The highest BCUT2D eigenvalue weighted by molar-refractivity contribution is 5.53. The minimum absolute atomic E-state index is 0.324. The Morgan fingerprint density at radius 3 is 2.80 bits per heavy atom. The van der Waals surface area contributed by atoms with Crippen LogP contribution in [0.4, 0.5) is 5.69 Å². The molecule has 2 heteroatoms. The van der Waals surface area contributed by atoms with Gasteiger partial charge in [0.15, 0.2) is 0 Å². The first-order valence-electron chi connectivity index (χ1n) is 5.62. The summed E-state index contributed by atoms with van der Waals surface area (Å²) < 4.78 is 5.55. The molecule has 1 aliphatic heterocycles. The standard InChI is InChI=1S/C13H19NO/c1-9-4-5-10(2)13(8-9)14-12-6-7-15-11(12)3/h4-5,8,11-12,14H,6-7H2,1-3H3/t11-,12-/m1/s1. The first-order valence-corrected chi connectivity index (χ1v) is 5.62. The quantitative estimate of drug-likeness (QED) is 0.801. The molecule has 15 heavy (non-hydrogen) atoms. The molecule has 0 spiro atoms. The summed E-state index contributed by atoms with van der Waals surface area (Å²) in [6.07, 6.45) is 1.43. The Morgan fingerprint density at radius 1 is 1.33 bits per heavy atom. The molecule has 1 fully saturated rings. The fraction of sp³-hybridized carbons (Fsp3) is 0.538. The number of rotatable bonds is 2. The summed E-state index contributed by atoms with van der Waals surface area (Å²) in [5.74, 6) is 0.